The van der Waals surface area contributed by atoms with Crippen LogP contribution in [0, 0.1) is 0 Å². The molecule has 0 aromatic heterocycles. The van der Waals surface area contributed by atoms with Crippen molar-refractivity contribution in [3.8, 4) is 0 Å². The second kappa shape index (κ2) is 8.28. The average molecular weight is 384 g/mol. The number of hydrogen-bond acceptors (Lipinski definition) is 7. The standard InChI is InChI=1S/C16H20N2O7S/c1-17(8-3-9-26(22,23)24)13-5-2-4-12(10-13)11-16(21)25-18-14(19)6-7-15(18)20/h2,4-5,10H,3,6-9,11H2,1H3,(H,22,23,24). The Morgan fingerprint density at radius 2 is 1.92 bits per heavy atom. The first-order valence-electron chi connectivity index (χ1n) is 7.97. The molecule has 142 valence electrons. The molecule has 9 nitrogen and oxygen atoms in total. The van der Waals surface area contributed by atoms with E-state index in [4.69, 9.17) is 9.39 Å². The molecule has 2 rings (SSSR count). The molecular formula is C16H20N2O7S. The van der Waals surface area contributed by atoms with Gasteiger partial charge in [-0.25, -0.2) is 4.79 Å². The van der Waals surface area contributed by atoms with Crippen LogP contribution in [0.5, 0.6) is 0 Å². The number of carbonyl (C=O) groups is 3. The average Bonchev–Trinajstić information content (AvgIpc) is 2.85. The molecule has 1 aromatic rings. The van der Waals surface area contributed by atoms with Crippen LogP contribution < -0.4 is 4.90 Å². The van der Waals surface area contributed by atoms with Gasteiger partial charge < -0.3 is 9.74 Å². The third-order valence-corrected chi connectivity index (χ3v) is 4.60. The first kappa shape index (κ1) is 19.9. The molecule has 1 aromatic carbocycles. The van der Waals surface area contributed by atoms with E-state index < -0.39 is 27.9 Å². The number of benzene rings is 1. The van der Waals surface area contributed by atoms with E-state index in [2.05, 4.69) is 0 Å². The Balaban J connectivity index is 1.92. The summed E-state index contributed by atoms with van der Waals surface area (Å²) in [5.41, 5.74) is 1.37. The van der Waals surface area contributed by atoms with E-state index in [-0.39, 0.29) is 31.4 Å². The fourth-order valence-corrected chi connectivity index (χ4v) is 2.97. The highest BCUT2D eigenvalue weighted by Crippen LogP contribution is 2.17. The Hall–Kier alpha value is -2.46. The Morgan fingerprint density at radius 3 is 2.54 bits per heavy atom. The molecule has 1 aliphatic heterocycles. The van der Waals surface area contributed by atoms with Crippen molar-refractivity contribution in [2.24, 2.45) is 0 Å². The number of hydroxylamine groups is 2. The zero-order valence-electron chi connectivity index (χ0n) is 14.3. The van der Waals surface area contributed by atoms with Gasteiger partial charge in [0.15, 0.2) is 0 Å². The van der Waals surface area contributed by atoms with Gasteiger partial charge in [0.1, 0.15) is 0 Å². The van der Waals surface area contributed by atoms with Crippen LogP contribution in [0.2, 0.25) is 0 Å². The predicted octanol–water partition coefficient (Wildman–Crippen LogP) is 0.550. The van der Waals surface area contributed by atoms with E-state index in [1.165, 1.54) is 0 Å². The maximum Gasteiger partial charge on any atom is 0.337 e. The number of rotatable bonds is 8. The molecule has 10 heteroatoms. The van der Waals surface area contributed by atoms with Crippen molar-refractivity contribution in [3.05, 3.63) is 29.8 Å². The van der Waals surface area contributed by atoms with Crippen molar-refractivity contribution in [1.82, 2.24) is 5.06 Å². The zero-order chi connectivity index (χ0) is 19.3. The van der Waals surface area contributed by atoms with Crippen molar-refractivity contribution < 1.29 is 32.2 Å². The summed E-state index contributed by atoms with van der Waals surface area (Å²) in [4.78, 5) is 41.5. The summed E-state index contributed by atoms with van der Waals surface area (Å²) in [5, 5.41) is 0.508. The van der Waals surface area contributed by atoms with Gasteiger partial charge in [-0.3, -0.25) is 14.1 Å². The summed E-state index contributed by atoms with van der Waals surface area (Å²) in [6, 6.07) is 6.94. The minimum Gasteiger partial charge on any atom is -0.375 e. The summed E-state index contributed by atoms with van der Waals surface area (Å²) in [5.74, 6) is -2.12. The minimum absolute atomic E-state index is 0.0377. The number of hydrogen-bond donors (Lipinski definition) is 1. The predicted molar refractivity (Wildman–Crippen MR) is 91.6 cm³/mol. The van der Waals surface area contributed by atoms with Gasteiger partial charge in [0.05, 0.1) is 12.2 Å². The zero-order valence-corrected chi connectivity index (χ0v) is 15.1. The molecule has 1 saturated heterocycles. The largest absolute Gasteiger partial charge is 0.375 e. The third-order valence-electron chi connectivity index (χ3n) is 3.79. The molecule has 0 aliphatic carbocycles. The lowest BCUT2D eigenvalue weighted by Gasteiger charge is -2.19. The fourth-order valence-electron chi connectivity index (χ4n) is 2.48. The van der Waals surface area contributed by atoms with Gasteiger partial charge in [0.25, 0.3) is 21.9 Å². The van der Waals surface area contributed by atoms with E-state index in [1.54, 1.807) is 36.2 Å². The molecule has 1 fully saturated rings. The van der Waals surface area contributed by atoms with E-state index in [1.807, 2.05) is 0 Å². The Kier molecular flexibility index (Phi) is 6.32. The summed E-state index contributed by atoms with van der Waals surface area (Å²) >= 11 is 0. The highest BCUT2D eigenvalue weighted by Gasteiger charge is 2.32. The summed E-state index contributed by atoms with van der Waals surface area (Å²) in [6.07, 6.45) is 0.205. The number of amides is 2. The van der Waals surface area contributed by atoms with Gasteiger partial charge in [-0.15, -0.1) is 5.06 Å². The highest BCUT2D eigenvalue weighted by atomic mass is 32.2. The number of nitrogens with zero attached hydrogens (tertiary/aromatic N) is 2. The van der Waals surface area contributed by atoms with Gasteiger partial charge in [-0.2, -0.15) is 8.42 Å². The van der Waals surface area contributed by atoms with E-state index in [9.17, 15) is 22.8 Å². The van der Waals surface area contributed by atoms with Crippen molar-refractivity contribution in [3.63, 3.8) is 0 Å². The van der Waals surface area contributed by atoms with Crippen LogP contribution in [-0.2, 0) is 35.8 Å². The molecule has 0 unspecified atom stereocenters. The van der Waals surface area contributed by atoms with Crippen molar-refractivity contribution in [2.75, 3.05) is 24.2 Å². The second-order valence-corrected chi connectivity index (χ2v) is 7.53. The minimum atomic E-state index is -3.99. The molecule has 1 aliphatic rings. The van der Waals surface area contributed by atoms with Gasteiger partial charge in [0.2, 0.25) is 0 Å². The second-order valence-electron chi connectivity index (χ2n) is 5.95. The number of imide groups is 1. The number of anilines is 1. The molecule has 0 spiro atoms. The maximum atomic E-state index is 11.9. The third kappa shape index (κ3) is 5.81. The molecule has 0 bridgehead atoms. The maximum absolute atomic E-state index is 11.9. The molecule has 0 atom stereocenters. The van der Waals surface area contributed by atoms with Gasteiger partial charge in [-0.1, -0.05) is 12.1 Å². The fraction of sp³-hybridized carbons (Fsp3) is 0.438. The topological polar surface area (TPSA) is 121 Å². The van der Waals surface area contributed by atoms with Crippen LogP contribution in [0.3, 0.4) is 0 Å². The lowest BCUT2D eigenvalue weighted by Crippen LogP contribution is -2.32. The van der Waals surface area contributed by atoms with E-state index in [0.717, 1.165) is 5.69 Å². The Bertz CT molecular complexity index is 791. The van der Waals surface area contributed by atoms with Crippen LogP contribution in [0.4, 0.5) is 5.69 Å². The molecule has 1 N–H and O–H groups in total. The highest BCUT2D eigenvalue weighted by molar-refractivity contribution is 7.85. The number of carbonyl (C=O) groups excluding carboxylic acids is 3. The normalized spacial score (nSPS) is 14.6. The molecule has 0 radical (unpaired) electrons. The van der Waals surface area contributed by atoms with Crippen molar-refractivity contribution in [1.29, 1.82) is 0 Å². The smallest absolute Gasteiger partial charge is 0.337 e. The monoisotopic (exact) mass is 384 g/mol. The first-order valence-corrected chi connectivity index (χ1v) is 9.58. The molecule has 26 heavy (non-hydrogen) atoms. The van der Waals surface area contributed by atoms with Crippen molar-refractivity contribution in [2.45, 2.75) is 25.7 Å². The van der Waals surface area contributed by atoms with Crippen LogP contribution in [0.25, 0.3) is 0 Å². The van der Waals surface area contributed by atoms with E-state index >= 15 is 0 Å². The SMILES string of the molecule is CN(CCCS(=O)(=O)O)c1cccc(CC(=O)ON2C(=O)CCC2=O)c1. The van der Waals surface area contributed by atoms with Crippen LogP contribution >= 0.6 is 0 Å². The lowest BCUT2D eigenvalue weighted by molar-refractivity contribution is -0.197. The van der Waals surface area contributed by atoms with Gasteiger partial charge in [-0.05, 0) is 24.1 Å². The Morgan fingerprint density at radius 1 is 1.27 bits per heavy atom. The lowest BCUT2D eigenvalue weighted by atomic mass is 10.1. The van der Waals surface area contributed by atoms with Crippen molar-refractivity contribution >= 4 is 33.6 Å². The Labute approximate surface area is 151 Å². The van der Waals surface area contributed by atoms with Gasteiger partial charge in [0, 0.05) is 32.1 Å². The first-order chi connectivity index (χ1) is 12.2. The molecule has 2 amide bonds. The van der Waals surface area contributed by atoms with Crippen LogP contribution in [0.1, 0.15) is 24.8 Å². The van der Waals surface area contributed by atoms with Gasteiger partial charge >= 0.3 is 5.97 Å². The molecule has 0 saturated carbocycles. The quantitative estimate of drug-likeness (QED) is 0.509. The molecular weight excluding hydrogens is 364 g/mol. The van der Waals surface area contributed by atoms with Crippen LogP contribution in [-0.4, -0.2) is 55.2 Å². The summed E-state index contributed by atoms with van der Waals surface area (Å²) < 4.78 is 30.2. The summed E-state index contributed by atoms with van der Waals surface area (Å²) in [6.45, 7) is 0.393. The summed E-state index contributed by atoms with van der Waals surface area (Å²) in [7, 11) is -2.24. The van der Waals surface area contributed by atoms with E-state index in [0.29, 0.717) is 17.2 Å². The van der Waals surface area contributed by atoms with Crippen LogP contribution in [0.15, 0.2) is 24.3 Å². The molecule has 1 heterocycles.